The highest BCUT2D eigenvalue weighted by atomic mass is 16.5. The highest BCUT2D eigenvalue weighted by Crippen LogP contribution is 2.23. The quantitative estimate of drug-likeness (QED) is 0.795. The zero-order valence-corrected chi connectivity index (χ0v) is 9.69. The molecule has 1 aromatic carbocycles. The molecule has 1 aromatic rings. The molecule has 4 heteroatoms. The van der Waals surface area contributed by atoms with Gasteiger partial charge in [0.05, 0.1) is 12.3 Å². The Morgan fingerprint density at radius 1 is 1.50 bits per heavy atom. The first kappa shape index (κ1) is 12.5. The van der Waals surface area contributed by atoms with Crippen molar-refractivity contribution in [1.82, 2.24) is 0 Å². The molecule has 0 bridgehead atoms. The Hall–Kier alpha value is -1.55. The maximum Gasteiger partial charge on any atom is 0.221 e. The number of rotatable bonds is 5. The second kappa shape index (κ2) is 6.12. The summed E-state index contributed by atoms with van der Waals surface area (Å²) in [5, 5.41) is 2.72. The normalized spacial score (nSPS) is 11.9. The van der Waals surface area contributed by atoms with Gasteiger partial charge in [0.25, 0.3) is 0 Å². The van der Waals surface area contributed by atoms with Crippen molar-refractivity contribution in [2.75, 3.05) is 18.5 Å². The molecule has 1 rings (SSSR count). The van der Waals surface area contributed by atoms with Crippen molar-refractivity contribution in [3.8, 4) is 5.75 Å². The van der Waals surface area contributed by atoms with E-state index < -0.39 is 0 Å². The van der Waals surface area contributed by atoms with Crippen LogP contribution in [0.4, 0.5) is 5.69 Å². The molecule has 88 valence electrons. The minimum atomic E-state index is -0.108. The topological polar surface area (TPSA) is 64.3 Å². The summed E-state index contributed by atoms with van der Waals surface area (Å²) in [7, 11) is 0. The van der Waals surface area contributed by atoms with E-state index in [1.807, 2.05) is 31.2 Å². The van der Waals surface area contributed by atoms with Crippen molar-refractivity contribution in [3.05, 3.63) is 24.3 Å². The van der Waals surface area contributed by atoms with Gasteiger partial charge in [-0.15, -0.1) is 0 Å². The first-order valence-corrected chi connectivity index (χ1v) is 5.33. The van der Waals surface area contributed by atoms with Gasteiger partial charge in [0.1, 0.15) is 5.75 Å². The monoisotopic (exact) mass is 222 g/mol. The molecule has 1 atom stereocenters. The molecule has 0 spiro atoms. The van der Waals surface area contributed by atoms with Crippen LogP contribution >= 0.6 is 0 Å². The number of para-hydroxylation sites is 2. The standard InChI is InChI=1S/C12H18N2O2/c1-9(7-13)8-16-12-6-4-3-5-11(12)14-10(2)15/h3-6,9H,7-8,13H2,1-2H3,(H,14,15). The average Bonchev–Trinajstić information content (AvgIpc) is 2.26. The molecule has 0 aromatic heterocycles. The van der Waals surface area contributed by atoms with E-state index in [2.05, 4.69) is 5.32 Å². The third-order valence-corrected chi connectivity index (χ3v) is 2.12. The summed E-state index contributed by atoms with van der Waals surface area (Å²) in [5.74, 6) is 0.867. The van der Waals surface area contributed by atoms with Gasteiger partial charge in [-0.05, 0) is 18.7 Å². The molecule has 1 unspecified atom stereocenters. The summed E-state index contributed by atoms with van der Waals surface area (Å²) in [5.41, 5.74) is 6.20. The summed E-state index contributed by atoms with van der Waals surface area (Å²) in [6.07, 6.45) is 0. The number of hydrogen-bond acceptors (Lipinski definition) is 3. The third-order valence-electron chi connectivity index (χ3n) is 2.12. The second-order valence-corrected chi connectivity index (χ2v) is 3.83. The Labute approximate surface area is 95.8 Å². The van der Waals surface area contributed by atoms with E-state index in [-0.39, 0.29) is 5.91 Å². The fourth-order valence-electron chi connectivity index (χ4n) is 1.19. The molecule has 4 nitrogen and oxygen atoms in total. The lowest BCUT2D eigenvalue weighted by Gasteiger charge is -2.14. The number of carbonyl (C=O) groups excluding carboxylic acids is 1. The first-order chi connectivity index (χ1) is 7.63. The molecule has 0 fully saturated rings. The van der Waals surface area contributed by atoms with Gasteiger partial charge in [-0.2, -0.15) is 0 Å². The first-order valence-electron chi connectivity index (χ1n) is 5.33. The van der Waals surface area contributed by atoms with E-state index in [0.717, 1.165) is 0 Å². The van der Waals surface area contributed by atoms with E-state index in [1.165, 1.54) is 6.92 Å². The van der Waals surface area contributed by atoms with Crippen LogP contribution in [0.25, 0.3) is 0 Å². The average molecular weight is 222 g/mol. The summed E-state index contributed by atoms with van der Waals surface area (Å²) in [6.45, 7) is 4.62. The summed E-state index contributed by atoms with van der Waals surface area (Å²) in [4.78, 5) is 11.0. The molecular formula is C12H18N2O2. The smallest absolute Gasteiger partial charge is 0.221 e. The maximum absolute atomic E-state index is 11.0. The van der Waals surface area contributed by atoms with Crippen molar-refractivity contribution in [3.63, 3.8) is 0 Å². The van der Waals surface area contributed by atoms with Crippen LogP contribution in [-0.4, -0.2) is 19.1 Å². The van der Waals surface area contributed by atoms with Crippen LogP contribution in [0.1, 0.15) is 13.8 Å². The number of nitrogens with one attached hydrogen (secondary N) is 1. The van der Waals surface area contributed by atoms with Crippen LogP contribution in [0.2, 0.25) is 0 Å². The Kier molecular flexibility index (Phi) is 4.79. The number of anilines is 1. The number of hydrogen-bond donors (Lipinski definition) is 2. The van der Waals surface area contributed by atoms with Gasteiger partial charge in [-0.1, -0.05) is 19.1 Å². The fraction of sp³-hybridized carbons (Fsp3) is 0.417. The molecule has 1 amide bonds. The third kappa shape index (κ3) is 3.90. The van der Waals surface area contributed by atoms with Gasteiger partial charge in [0, 0.05) is 12.8 Å². The van der Waals surface area contributed by atoms with Crippen molar-refractivity contribution in [1.29, 1.82) is 0 Å². The van der Waals surface area contributed by atoms with Crippen LogP contribution < -0.4 is 15.8 Å². The molecule has 0 radical (unpaired) electrons. The molecular weight excluding hydrogens is 204 g/mol. The molecule has 0 aliphatic rings. The molecule has 0 saturated heterocycles. The van der Waals surface area contributed by atoms with Crippen LogP contribution in [0.15, 0.2) is 24.3 Å². The second-order valence-electron chi connectivity index (χ2n) is 3.83. The molecule has 0 aliphatic heterocycles. The van der Waals surface area contributed by atoms with Crippen molar-refractivity contribution < 1.29 is 9.53 Å². The van der Waals surface area contributed by atoms with Crippen LogP contribution in [0.3, 0.4) is 0 Å². The Bertz CT molecular complexity index is 353. The van der Waals surface area contributed by atoms with Crippen molar-refractivity contribution in [2.24, 2.45) is 11.7 Å². The minimum Gasteiger partial charge on any atom is -0.491 e. The molecule has 3 N–H and O–H groups in total. The van der Waals surface area contributed by atoms with Gasteiger partial charge in [0.2, 0.25) is 5.91 Å². The fourth-order valence-corrected chi connectivity index (χ4v) is 1.19. The minimum absolute atomic E-state index is 0.108. The lowest BCUT2D eigenvalue weighted by atomic mass is 10.2. The zero-order valence-electron chi connectivity index (χ0n) is 9.69. The Balaban J connectivity index is 2.67. The molecule has 0 aliphatic carbocycles. The maximum atomic E-state index is 11.0. The van der Waals surface area contributed by atoms with E-state index in [9.17, 15) is 4.79 Å². The van der Waals surface area contributed by atoms with Crippen molar-refractivity contribution >= 4 is 11.6 Å². The van der Waals surface area contributed by atoms with Gasteiger partial charge < -0.3 is 15.8 Å². The zero-order chi connectivity index (χ0) is 12.0. The number of benzene rings is 1. The van der Waals surface area contributed by atoms with Crippen LogP contribution in [-0.2, 0) is 4.79 Å². The van der Waals surface area contributed by atoms with E-state index in [4.69, 9.17) is 10.5 Å². The molecule has 0 saturated carbocycles. The highest BCUT2D eigenvalue weighted by Gasteiger charge is 2.06. The summed E-state index contributed by atoms with van der Waals surface area (Å²) in [6, 6.07) is 7.36. The van der Waals surface area contributed by atoms with Crippen LogP contribution in [0.5, 0.6) is 5.75 Å². The summed E-state index contributed by atoms with van der Waals surface area (Å²) < 4.78 is 5.60. The summed E-state index contributed by atoms with van der Waals surface area (Å²) >= 11 is 0. The largest absolute Gasteiger partial charge is 0.491 e. The van der Waals surface area contributed by atoms with E-state index >= 15 is 0 Å². The van der Waals surface area contributed by atoms with E-state index in [0.29, 0.717) is 30.5 Å². The van der Waals surface area contributed by atoms with Crippen LogP contribution in [0, 0.1) is 5.92 Å². The van der Waals surface area contributed by atoms with Gasteiger partial charge in [-0.25, -0.2) is 0 Å². The highest BCUT2D eigenvalue weighted by molar-refractivity contribution is 5.90. The molecule has 0 heterocycles. The SMILES string of the molecule is CC(=O)Nc1ccccc1OCC(C)CN. The number of carbonyl (C=O) groups is 1. The Morgan fingerprint density at radius 2 is 2.19 bits per heavy atom. The number of amides is 1. The number of nitrogens with two attached hydrogens (primary N) is 1. The predicted molar refractivity (Wildman–Crippen MR) is 64.5 cm³/mol. The lowest BCUT2D eigenvalue weighted by Crippen LogP contribution is -2.18. The van der Waals surface area contributed by atoms with Gasteiger partial charge in [0.15, 0.2) is 0 Å². The number of ether oxygens (including phenoxy) is 1. The van der Waals surface area contributed by atoms with Gasteiger partial charge >= 0.3 is 0 Å². The van der Waals surface area contributed by atoms with Crippen molar-refractivity contribution in [2.45, 2.75) is 13.8 Å². The Morgan fingerprint density at radius 3 is 2.81 bits per heavy atom. The van der Waals surface area contributed by atoms with E-state index in [1.54, 1.807) is 0 Å². The lowest BCUT2D eigenvalue weighted by molar-refractivity contribution is -0.114. The van der Waals surface area contributed by atoms with Gasteiger partial charge in [-0.3, -0.25) is 4.79 Å². The molecule has 16 heavy (non-hydrogen) atoms. The predicted octanol–water partition coefficient (Wildman–Crippen LogP) is 1.62.